The number of hydrazone groups is 1. The van der Waals surface area contributed by atoms with Crippen LogP contribution in [0.2, 0.25) is 20.1 Å². The number of carbonyl (C=O) groups excluding carboxylic acids is 2. The molecule has 11 heteroatoms. The molecule has 3 aromatic carbocycles. The summed E-state index contributed by atoms with van der Waals surface area (Å²) in [5, 5.41) is 8.60. The average molecular weight is 625 g/mol. The second-order valence-electron chi connectivity index (χ2n) is 9.32. The van der Waals surface area contributed by atoms with E-state index in [9.17, 15) is 9.59 Å². The lowest BCUT2D eigenvalue weighted by atomic mass is 10.0. The molecule has 0 radical (unpaired) electrons. The first-order valence-corrected chi connectivity index (χ1v) is 14.0. The topological polar surface area (TPSA) is 89.0 Å². The van der Waals surface area contributed by atoms with Gasteiger partial charge in [0.25, 0.3) is 11.8 Å². The molecule has 0 fully saturated rings. The Bertz CT molecular complexity index is 1370. The number of nitrogens with zero attached hydrogens (tertiary/aromatic N) is 1. The highest BCUT2D eigenvalue weighted by Crippen LogP contribution is 2.28. The van der Waals surface area contributed by atoms with Gasteiger partial charge in [0, 0.05) is 26.2 Å². The molecule has 3 aromatic rings. The van der Waals surface area contributed by atoms with Crippen molar-refractivity contribution >= 4 is 64.4 Å². The minimum absolute atomic E-state index is 0.111. The van der Waals surface area contributed by atoms with Crippen LogP contribution in [0.15, 0.2) is 65.8 Å². The molecular weight excluding hydrogens is 596 g/mol. The quantitative estimate of drug-likeness (QED) is 0.163. The predicted octanol–water partition coefficient (Wildman–Crippen LogP) is 7.33. The summed E-state index contributed by atoms with van der Waals surface area (Å²) in [4.78, 5) is 25.8. The fraction of sp³-hybridized carbons (Fsp3) is 0.276. The second kappa shape index (κ2) is 15.1. The maximum absolute atomic E-state index is 13.0. The van der Waals surface area contributed by atoms with Crippen molar-refractivity contribution in [2.75, 3.05) is 0 Å². The molecule has 3 rings (SSSR count). The van der Waals surface area contributed by atoms with Crippen molar-refractivity contribution in [3.63, 3.8) is 0 Å². The normalized spacial score (nSPS) is 12.7. The van der Waals surface area contributed by atoms with E-state index in [1.165, 1.54) is 12.3 Å². The monoisotopic (exact) mass is 623 g/mol. The van der Waals surface area contributed by atoms with Crippen molar-refractivity contribution in [3.8, 4) is 11.5 Å². The zero-order valence-corrected chi connectivity index (χ0v) is 25.1. The van der Waals surface area contributed by atoms with Crippen LogP contribution in [0.5, 0.6) is 11.5 Å². The molecule has 0 aliphatic rings. The highest BCUT2D eigenvalue weighted by molar-refractivity contribution is 6.35. The van der Waals surface area contributed by atoms with E-state index in [0.717, 1.165) is 5.56 Å². The lowest BCUT2D eigenvalue weighted by molar-refractivity contribution is -0.132. The molecule has 0 heterocycles. The summed E-state index contributed by atoms with van der Waals surface area (Å²) in [5.74, 6) is -0.0605. The van der Waals surface area contributed by atoms with Gasteiger partial charge < -0.3 is 14.8 Å². The van der Waals surface area contributed by atoms with E-state index in [1.807, 2.05) is 32.0 Å². The minimum atomic E-state index is -0.922. The fourth-order valence-electron chi connectivity index (χ4n) is 3.57. The van der Waals surface area contributed by atoms with E-state index < -0.39 is 24.0 Å². The van der Waals surface area contributed by atoms with Gasteiger partial charge in [-0.05, 0) is 61.7 Å². The Kier molecular flexibility index (Phi) is 11.9. The number of hydrogen-bond acceptors (Lipinski definition) is 5. The molecule has 2 amide bonds. The largest absolute Gasteiger partial charge is 0.488 e. The van der Waals surface area contributed by atoms with Gasteiger partial charge in [-0.25, -0.2) is 5.43 Å². The van der Waals surface area contributed by atoms with Crippen LogP contribution in [0.25, 0.3) is 0 Å². The van der Waals surface area contributed by atoms with Gasteiger partial charge in [0.05, 0.1) is 11.2 Å². The molecule has 7 nitrogen and oxygen atoms in total. The van der Waals surface area contributed by atoms with E-state index in [0.29, 0.717) is 38.6 Å². The van der Waals surface area contributed by atoms with Crippen molar-refractivity contribution in [3.05, 3.63) is 91.9 Å². The van der Waals surface area contributed by atoms with Crippen LogP contribution < -0.4 is 20.2 Å². The minimum Gasteiger partial charge on any atom is -0.488 e. The average Bonchev–Trinajstić information content (AvgIpc) is 2.89. The maximum Gasteiger partial charge on any atom is 0.262 e. The SMILES string of the molecule is CC(C)C[C@@H](NC(=O)[C@H](C)Oc1ccc(Cl)cc1Cl)C(=O)N/N=C\c1cc(Cl)ccc1OCc1ccccc1Cl. The summed E-state index contributed by atoms with van der Waals surface area (Å²) in [6, 6.07) is 16.3. The van der Waals surface area contributed by atoms with Crippen molar-refractivity contribution in [2.24, 2.45) is 11.0 Å². The Morgan fingerprint density at radius 3 is 2.23 bits per heavy atom. The molecule has 0 unspecified atom stereocenters. The van der Waals surface area contributed by atoms with Gasteiger partial charge in [0.15, 0.2) is 6.10 Å². The van der Waals surface area contributed by atoms with Gasteiger partial charge >= 0.3 is 0 Å². The van der Waals surface area contributed by atoms with Gasteiger partial charge in [-0.1, -0.05) is 78.5 Å². The van der Waals surface area contributed by atoms with Gasteiger partial charge in [-0.3, -0.25) is 9.59 Å². The van der Waals surface area contributed by atoms with Crippen molar-refractivity contribution in [1.82, 2.24) is 10.7 Å². The van der Waals surface area contributed by atoms with Crippen LogP contribution in [-0.4, -0.2) is 30.2 Å². The summed E-state index contributed by atoms with van der Waals surface area (Å²) in [7, 11) is 0. The van der Waals surface area contributed by atoms with Crippen LogP contribution in [0.3, 0.4) is 0 Å². The molecule has 212 valence electrons. The van der Waals surface area contributed by atoms with Crippen LogP contribution >= 0.6 is 46.4 Å². The maximum atomic E-state index is 13.0. The number of rotatable bonds is 12. The molecule has 2 atom stereocenters. The second-order valence-corrected chi connectivity index (χ2v) is 11.0. The molecule has 0 saturated heterocycles. The molecule has 0 aromatic heterocycles. The number of nitrogens with one attached hydrogen (secondary N) is 2. The lowest BCUT2D eigenvalue weighted by Crippen LogP contribution is -2.49. The number of ether oxygens (including phenoxy) is 2. The Hall–Kier alpha value is -2.97. The Morgan fingerprint density at radius 1 is 0.875 bits per heavy atom. The number of carbonyl (C=O) groups is 2. The lowest BCUT2D eigenvalue weighted by Gasteiger charge is -2.22. The summed E-state index contributed by atoms with van der Waals surface area (Å²) < 4.78 is 11.6. The molecule has 0 spiro atoms. The van der Waals surface area contributed by atoms with Crippen LogP contribution in [0, 0.1) is 5.92 Å². The number of amides is 2. The van der Waals surface area contributed by atoms with Crippen LogP contribution in [-0.2, 0) is 16.2 Å². The smallest absolute Gasteiger partial charge is 0.262 e. The molecule has 0 aliphatic carbocycles. The van der Waals surface area contributed by atoms with Crippen LogP contribution in [0.4, 0.5) is 0 Å². The highest BCUT2D eigenvalue weighted by Gasteiger charge is 2.25. The molecule has 0 saturated carbocycles. The van der Waals surface area contributed by atoms with E-state index in [4.69, 9.17) is 55.9 Å². The van der Waals surface area contributed by atoms with E-state index in [-0.39, 0.29) is 17.5 Å². The summed E-state index contributed by atoms with van der Waals surface area (Å²) in [6.45, 7) is 5.68. The third kappa shape index (κ3) is 9.59. The molecule has 0 aliphatic heterocycles. The van der Waals surface area contributed by atoms with Gasteiger partial charge in [0.1, 0.15) is 24.1 Å². The van der Waals surface area contributed by atoms with Crippen molar-refractivity contribution in [1.29, 1.82) is 0 Å². The van der Waals surface area contributed by atoms with Gasteiger partial charge in [0.2, 0.25) is 0 Å². The van der Waals surface area contributed by atoms with Gasteiger partial charge in [-0.15, -0.1) is 0 Å². The van der Waals surface area contributed by atoms with Crippen molar-refractivity contribution < 1.29 is 19.1 Å². The highest BCUT2D eigenvalue weighted by atomic mass is 35.5. The van der Waals surface area contributed by atoms with Crippen LogP contribution in [0.1, 0.15) is 38.3 Å². The Balaban J connectivity index is 1.65. The molecule has 40 heavy (non-hydrogen) atoms. The van der Waals surface area contributed by atoms with E-state index in [1.54, 1.807) is 43.3 Å². The first kappa shape index (κ1) is 31.6. The number of halogens is 4. The third-order valence-corrected chi connectivity index (χ3v) is 6.73. The van der Waals surface area contributed by atoms with Crippen molar-refractivity contribution in [2.45, 2.75) is 45.9 Å². The van der Waals surface area contributed by atoms with Gasteiger partial charge in [-0.2, -0.15) is 5.10 Å². The fourth-order valence-corrected chi connectivity index (χ4v) is 4.40. The first-order valence-electron chi connectivity index (χ1n) is 12.4. The Morgan fingerprint density at radius 2 is 1.55 bits per heavy atom. The number of hydrogen-bond donors (Lipinski definition) is 2. The summed E-state index contributed by atoms with van der Waals surface area (Å²) in [5.41, 5.74) is 3.86. The molecule has 2 N–H and O–H groups in total. The first-order chi connectivity index (χ1) is 19.0. The molecule has 0 bridgehead atoms. The zero-order chi connectivity index (χ0) is 29.2. The van der Waals surface area contributed by atoms with E-state index in [2.05, 4.69) is 15.8 Å². The molecular formula is C29H29Cl4N3O4. The standard InChI is InChI=1S/C29H29Cl4N3O4/c1-17(2)12-25(35-28(37)18(3)40-27-11-9-22(31)14-24(27)33)29(38)36-34-15-20-13-21(30)8-10-26(20)39-16-19-6-4-5-7-23(19)32/h4-11,13-15,17-18,25H,12,16H2,1-3H3,(H,35,37)(H,36,38)/b34-15-/t18-,25+/m0/s1. The Labute approximate surface area is 253 Å². The van der Waals surface area contributed by atoms with E-state index >= 15 is 0 Å². The third-order valence-electron chi connectivity index (χ3n) is 5.60. The predicted molar refractivity (Wildman–Crippen MR) is 161 cm³/mol. The summed E-state index contributed by atoms with van der Waals surface area (Å²) >= 11 is 24.5. The summed E-state index contributed by atoms with van der Waals surface area (Å²) in [6.07, 6.45) is 0.882. The number of benzene rings is 3. The zero-order valence-electron chi connectivity index (χ0n) is 22.1.